The first kappa shape index (κ1) is 19.1. The second kappa shape index (κ2) is 8.35. The molecule has 0 fully saturated rings. The topological polar surface area (TPSA) is 84.0 Å². The van der Waals surface area contributed by atoms with Crippen molar-refractivity contribution in [1.82, 2.24) is 20.6 Å². The van der Waals surface area contributed by atoms with Crippen molar-refractivity contribution >= 4 is 45.3 Å². The number of thioether (sulfide) groups is 1. The number of urea groups is 1. The molecule has 26 heavy (non-hydrogen) atoms. The lowest BCUT2D eigenvalue weighted by atomic mass is 9.89. The molecule has 3 rings (SSSR count). The van der Waals surface area contributed by atoms with E-state index in [4.69, 9.17) is 0 Å². The van der Waals surface area contributed by atoms with E-state index >= 15 is 0 Å². The first-order valence-electron chi connectivity index (χ1n) is 8.96. The van der Waals surface area contributed by atoms with Crippen LogP contribution in [0.25, 0.3) is 10.2 Å². The zero-order valence-corrected chi connectivity index (χ0v) is 16.9. The molecule has 1 aliphatic carbocycles. The highest BCUT2D eigenvalue weighted by Crippen LogP contribution is 2.40. The van der Waals surface area contributed by atoms with Crippen LogP contribution < -0.4 is 10.6 Å². The fourth-order valence-electron chi connectivity index (χ4n) is 3.01. The number of aromatic nitrogens is 2. The minimum atomic E-state index is -0.445. The van der Waals surface area contributed by atoms with Gasteiger partial charge in [-0.25, -0.2) is 14.8 Å². The number of imide groups is 1. The highest BCUT2D eigenvalue weighted by Gasteiger charge is 2.23. The molecular weight excluding hydrogens is 368 g/mol. The van der Waals surface area contributed by atoms with Gasteiger partial charge in [0.15, 0.2) is 0 Å². The SMILES string of the molecule is CC[C@@H](C)NC(=O)NC(=O)CSc1ncnc2sc3c(c12)CC[C@@H](C)C3. The molecule has 3 amide bonds. The largest absolute Gasteiger partial charge is 0.335 e. The van der Waals surface area contributed by atoms with E-state index in [1.165, 1.54) is 28.6 Å². The van der Waals surface area contributed by atoms with Crippen LogP contribution in [0, 0.1) is 5.92 Å². The molecule has 0 bridgehead atoms. The predicted molar refractivity (Wildman–Crippen MR) is 106 cm³/mol. The predicted octanol–water partition coefficient (Wildman–Crippen LogP) is 3.53. The lowest BCUT2D eigenvalue weighted by Crippen LogP contribution is -2.43. The molecule has 0 aromatic carbocycles. The van der Waals surface area contributed by atoms with Crippen molar-refractivity contribution in [3.63, 3.8) is 0 Å². The van der Waals surface area contributed by atoms with Gasteiger partial charge in [-0.3, -0.25) is 10.1 Å². The average molecular weight is 393 g/mol. The molecule has 0 spiro atoms. The van der Waals surface area contributed by atoms with E-state index in [9.17, 15) is 9.59 Å². The van der Waals surface area contributed by atoms with Crippen molar-refractivity contribution in [2.45, 2.75) is 57.5 Å². The van der Waals surface area contributed by atoms with E-state index in [-0.39, 0.29) is 17.7 Å². The van der Waals surface area contributed by atoms with E-state index in [1.807, 2.05) is 13.8 Å². The van der Waals surface area contributed by atoms with Crippen molar-refractivity contribution in [3.05, 3.63) is 16.8 Å². The number of fused-ring (bicyclic) bond motifs is 3. The Hall–Kier alpha value is -1.67. The minimum absolute atomic E-state index is 0.0386. The Balaban J connectivity index is 1.68. The van der Waals surface area contributed by atoms with Crippen molar-refractivity contribution in [2.24, 2.45) is 5.92 Å². The number of hydrogen-bond donors (Lipinski definition) is 2. The molecule has 0 saturated carbocycles. The second-order valence-corrected chi connectivity index (χ2v) is 8.88. The molecule has 0 aliphatic heterocycles. The number of aryl methyl sites for hydroxylation is 1. The van der Waals surface area contributed by atoms with Crippen LogP contribution in [-0.4, -0.2) is 33.7 Å². The Morgan fingerprint density at radius 1 is 1.42 bits per heavy atom. The van der Waals surface area contributed by atoms with Crippen LogP contribution in [-0.2, 0) is 17.6 Å². The summed E-state index contributed by atoms with van der Waals surface area (Å²) in [4.78, 5) is 35.0. The van der Waals surface area contributed by atoms with Gasteiger partial charge >= 0.3 is 6.03 Å². The first-order chi connectivity index (χ1) is 12.5. The monoisotopic (exact) mass is 392 g/mol. The van der Waals surface area contributed by atoms with E-state index in [0.717, 1.165) is 34.5 Å². The first-order valence-corrected chi connectivity index (χ1v) is 10.8. The summed E-state index contributed by atoms with van der Waals surface area (Å²) < 4.78 is 0. The molecule has 6 nitrogen and oxygen atoms in total. The Labute approximate surface area is 161 Å². The zero-order chi connectivity index (χ0) is 18.7. The molecule has 0 saturated heterocycles. The summed E-state index contributed by atoms with van der Waals surface area (Å²) in [5.41, 5.74) is 1.35. The minimum Gasteiger partial charge on any atom is -0.335 e. The quantitative estimate of drug-likeness (QED) is 0.601. The number of nitrogens with one attached hydrogen (secondary N) is 2. The van der Waals surface area contributed by atoms with E-state index < -0.39 is 6.03 Å². The van der Waals surface area contributed by atoms with Gasteiger partial charge in [-0.15, -0.1) is 11.3 Å². The van der Waals surface area contributed by atoms with Crippen molar-refractivity contribution in [3.8, 4) is 0 Å². The molecule has 2 atom stereocenters. The summed E-state index contributed by atoms with van der Waals surface area (Å²) in [5.74, 6) is 0.538. The van der Waals surface area contributed by atoms with Gasteiger partial charge in [-0.1, -0.05) is 25.6 Å². The third-order valence-corrected chi connectivity index (χ3v) is 6.79. The number of carbonyl (C=O) groups is 2. The average Bonchev–Trinajstić information content (AvgIpc) is 2.97. The van der Waals surface area contributed by atoms with Gasteiger partial charge in [-0.2, -0.15) is 0 Å². The summed E-state index contributed by atoms with van der Waals surface area (Å²) in [5, 5.41) is 7.03. The van der Waals surface area contributed by atoms with Crippen LogP contribution in [0.1, 0.15) is 44.1 Å². The standard InChI is InChI=1S/C18H24N4O2S2/c1-4-11(3)21-18(24)22-14(23)8-25-16-15-12-6-5-10(2)7-13(12)26-17(15)20-9-19-16/h9-11H,4-8H2,1-3H3,(H2,21,22,23,24)/t10-,11-/m1/s1. The van der Waals surface area contributed by atoms with E-state index in [2.05, 4.69) is 27.5 Å². The van der Waals surface area contributed by atoms with Gasteiger partial charge in [0.1, 0.15) is 16.2 Å². The number of rotatable bonds is 5. The molecule has 0 radical (unpaired) electrons. The fourth-order valence-corrected chi connectivity index (χ4v) is 5.25. The van der Waals surface area contributed by atoms with Crippen LogP contribution in [0.15, 0.2) is 11.4 Å². The molecule has 1 aliphatic rings. The molecular formula is C18H24N4O2S2. The Morgan fingerprint density at radius 3 is 3.00 bits per heavy atom. The number of thiophene rings is 1. The summed E-state index contributed by atoms with van der Waals surface area (Å²) in [6, 6.07) is -0.406. The number of carbonyl (C=O) groups excluding carboxylic acids is 2. The number of nitrogens with zero attached hydrogens (tertiary/aromatic N) is 2. The third kappa shape index (κ3) is 4.35. The second-order valence-electron chi connectivity index (χ2n) is 6.83. The van der Waals surface area contributed by atoms with Crippen molar-refractivity contribution < 1.29 is 9.59 Å². The number of hydrogen-bond acceptors (Lipinski definition) is 6. The van der Waals surface area contributed by atoms with Crippen LogP contribution in [0.4, 0.5) is 4.79 Å². The normalized spacial score (nSPS) is 17.6. The van der Waals surface area contributed by atoms with Crippen LogP contribution in [0.2, 0.25) is 0 Å². The van der Waals surface area contributed by atoms with Crippen LogP contribution >= 0.6 is 23.1 Å². The Kier molecular flexibility index (Phi) is 6.13. The summed E-state index contributed by atoms with van der Waals surface area (Å²) >= 11 is 3.11. The molecule has 8 heteroatoms. The van der Waals surface area contributed by atoms with Gasteiger partial charge in [0.05, 0.1) is 5.75 Å². The fraction of sp³-hybridized carbons (Fsp3) is 0.556. The van der Waals surface area contributed by atoms with E-state index in [1.54, 1.807) is 17.7 Å². The van der Waals surface area contributed by atoms with Gasteiger partial charge in [-0.05, 0) is 44.1 Å². The summed E-state index contributed by atoms with van der Waals surface area (Å²) in [6.45, 7) is 6.16. The lowest BCUT2D eigenvalue weighted by molar-refractivity contribution is -0.117. The van der Waals surface area contributed by atoms with E-state index in [0.29, 0.717) is 5.92 Å². The highest BCUT2D eigenvalue weighted by atomic mass is 32.2. The van der Waals surface area contributed by atoms with Gasteiger partial charge < -0.3 is 5.32 Å². The van der Waals surface area contributed by atoms with Crippen LogP contribution in [0.3, 0.4) is 0 Å². The highest BCUT2D eigenvalue weighted by molar-refractivity contribution is 8.00. The molecule has 2 N–H and O–H groups in total. The van der Waals surface area contributed by atoms with Crippen LogP contribution in [0.5, 0.6) is 0 Å². The number of amides is 3. The summed E-state index contributed by atoms with van der Waals surface area (Å²) in [7, 11) is 0. The lowest BCUT2D eigenvalue weighted by Gasteiger charge is -2.18. The van der Waals surface area contributed by atoms with Crippen molar-refractivity contribution in [1.29, 1.82) is 0 Å². The smallest absolute Gasteiger partial charge is 0.321 e. The molecule has 140 valence electrons. The Morgan fingerprint density at radius 2 is 2.23 bits per heavy atom. The Bertz CT molecular complexity index is 821. The third-order valence-electron chi connectivity index (χ3n) is 4.64. The van der Waals surface area contributed by atoms with Gasteiger partial charge in [0.25, 0.3) is 0 Å². The van der Waals surface area contributed by atoms with Crippen molar-refractivity contribution in [2.75, 3.05) is 5.75 Å². The summed E-state index contributed by atoms with van der Waals surface area (Å²) in [6.07, 6.45) is 5.69. The molecule has 2 heterocycles. The maximum absolute atomic E-state index is 12.1. The maximum atomic E-state index is 12.1. The zero-order valence-electron chi connectivity index (χ0n) is 15.3. The molecule has 0 unspecified atom stereocenters. The van der Waals surface area contributed by atoms with Gasteiger partial charge in [0, 0.05) is 16.3 Å². The molecule has 2 aromatic heterocycles. The molecule has 2 aromatic rings. The van der Waals surface area contributed by atoms with Gasteiger partial charge in [0.2, 0.25) is 5.91 Å². The maximum Gasteiger partial charge on any atom is 0.321 e.